The van der Waals surface area contributed by atoms with Gasteiger partial charge in [0.1, 0.15) is 5.52 Å². The summed E-state index contributed by atoms with van der Waals surface area (Å²) in [6.07, 6.45) is 3.66. The molecule has 5 nitrogen and oxygen atoms in total. The van der Waals surface area contributed by atoms with Crippen LogP contribution in [0.25, 0.3) is 11.0 Å². The predicted molar refractivity (Wildman–Crippen MR) is 72.7 cm³/mol. The van der Waals surface area contributed by atoms with Gasteiger partial charge in [0, 0.05) is 6.20 Å². The molecule has 3 aromatic rings. The Kier molecular flexibility index (Phi) is 2.94. The lowest BCUT2D eigenvalue weighted by molar-refractivity contribution is -0.115. The Morgan fingerprint density at radius 1 is 1.21 bits per heavy atom. The molecule has 2 N–H and O–H groups in total. The monoisotopic (exact) mass is 252 g/mol. The fourth-order valence-corrected chi connectivity index (χ4v) is 1.87. The Labute approximate surface area is 109 Å². The minimum Gasteiger partial charge on any atom is -0.324 e. The third kappa shape index (κ3) is 2.60. The number of nitrogens with one attached hydrogen (secondary N) is 2. The number of benzene rings is 1. The van der Waals surface area contributed by atoms with E-state index in [4.69, 9.17) is 0 Å². The summed E-state index contributed by atoms with van der Waals surface area (Å²) in [5.41, 5.74) is 2.56. The van der Waals surface area contributed by atoms with E-state index < -0.39 is 0 Å². The number of aromatic nitrogens is 3. The second-order valence-electron chi connectivity index (χ2n) is 4.19. The van der Waals surface area contributed by atoms with Crippen molar-refractivity contribution in [1.29, 1.82) is 0 Å². The van der Waals surface area contributed by atoms with Gasteiger partial charge in [-0.15, -0.1) is 0 Å². The topological polar surface area (TPSA) is 70.7 Å². The number of anilines is 1. The van der Waals surface area contributed by atoms with Crippen molar-refractivity contribution in [1.82, 2.24) is 15.0 Å². The molecule has 0 saturated heterocycles. The number of hydrogen-bond donors (Lipinski definition) is 2. The van der Waals surface area contributed by atoms with Crippen LogP contribution in [0.5, 0.6) is 0 Å². The maximum absolute atomic E-state index is 11.9. The van der Waals surface area contributed by atoms with Gasteiger partial charge in [0.15, 0.2) is 0 Å². The first-order chi connectivity index (χ1) is 9.31. The summed E-state index contributed by atoms with van der Waals surface area (Å²) in [6.45, 7) is 0. The summed E-state index contributed by atoms with van der Waals surface area (Å²) in [6, 6.07) is 11.4. The molecule has 0 aliphatic rings. The van der Waals surface area contributed by atoms with Crippen LogP contribution < -0.4 is 5.32 Å². The molecular formula is C14H12N4O. The number of carbonyl (C=O) groups is 1. The standard InChI is InChI=1S/C14H12N4O/c19-13(8-10-4-2-1-3-5-10)18-14-16-11-6-7-15-9-12(11)17-14/h1-7,9H,8H2,(H2,16,17,18,19). The number of hydrogen-bond acceptors (Lipinski definition) is 3. The van der Waals surface area contributed by atoms with E-state index in [-0.39, 0.29) is 5.91 Å². The lowest BCUT2D eigenvalue weighted by Crippen LogP contribution is -2.15. The van der Waals surface area contributed by atoms with Crippen LogP contribution in [0.15, 0.2) is 48.8 Å². The zero-order valence-corrected chi connectivity index (χ0v) is 10.1. The molecule has 0 bridgehead atoms. The molecule has 19 heavy (non-hydrogen) atoms. The lowest BCUT2D eigenvalue weighted by atomic mass is 10.1. The van der Waals surface area contributed by atoms with E-state index in [2.05, 4.69) is 20.3 Å². The first-order valence-corrected chi connectivity index (χ1v) is 5.95. The van der Waals surface area contributed by atoms with Crippen molar-refractivity contribution in [3.05, 3.63) is 54.4 Å². The molecule has 5 heteroatoms. The highest BCUT2D eigenvalue weighted by Crippen LogP contribution is 2.12. The Morgan fingerprint density at radius 3 is 2.84 bits per heavy atom. The lowest BCUT2D eigenvalue weighted by Gasteiger charge is -2.01. The number of amides is 1. The third-order valence-corrected chi connectivity index (χ3v) is 2.75. The highest BCUT2D eigenvalue weighted by molar-refractivity contribution is 5.92. The van der Waals surface area contributed by atoms with E-state index in [0.29, 0.717) is 12.4 Å². The number of aromatic amines is 1. The van der Waals surface area contributed by atoms with Gasteiger partial charge in [0.05, 0.1) is 18.1 Å². The van der Waals surface area contributed by atoms with Crippen molar-refractivity contribution < 1.29 is 4.79 Å². The highest BCUT2D eigenvalue weighted by Gasteiger charge is 2.07. The summed E-state index contributed by atoms with van der Waals surface area (Å²) in [4.78, 5) is 23.1. The van der Waals surface area contributed by atoms with Gasteiger partial charge in [-0.3, -0.25) is 15.1 Å². The summed E-state index contributed by atoms with van der Waals surface area (Å²) in [5, 5.41) is 2.75. The van der Waals surface area contributed by atoms with Gasteiger partial charge in [0.25, 0.3) is 0 Å². The van der Waals surface area contributed by atoms with Crippen molar-refractivity contribution >= 4 is 22.9 Å². The van der Waals surface area contributed by atoms with Crippen LogP contribution in [0.4, 0.5) is 5.95 Å². The first kappa shape index (κ1) is 11.4. The maximum Gasteiger partial charge on any atom is 0.231 e. The van der Waals surface area contributed by atoms with Gasteiger partial charge in [0.2, 0.25) is 11.9 Å². The molecule has 2 aromatic heterocycles. The molecular weight excluding hydrogens is 240 g/mol. The summed E-state index contributed by atoms with van der Waals surface area (Å²) < 4.78 is 0. The van der Waals surface area contributed by atoms with E-state index in [1.165, 1.54) is 0 Å². The van der Waals surface area contributed by atoms with Crippen molar-refractivity contribution in [3.8, 4) is 0 Å². The van der Waals surface area contributed by atoms with E-state index in [1.807, 2.05) is 36.4 Å². The fraction of sp³-hybridized carbons (Fsp3) is 0.0714. The van der Waals surface area contributed by atoms with Gasteiger partial charge in [-0.2, -0.15) is 0 Å². The molecule has 2 heterocycles. The van der Waals surface area contributed by atoms with Crippen molar-refractivity contribution in [2.45, 2.75) is 6.42 Å². The van der Waals surface area contributed by atoms with Crippen molar-refractivity contribution in [3.63, 3.8) is 0 Å². The molecule has 3 rings (SSSR count). The Bertz CT molecular complexity index is 673. The maximum atomic E-state index is 11.9. The van der Waals surface area contributed by atoms with Crippen molar-refractivity contribution in [2.75, 3.05) is 5.32 Å². The number of H-pyrrole nitrogens is 1. The number of nitrogens with zero attached hydrogens (tertiary/aromatic N) is 2. The molecule has 0 fully saturated rings. The molecule has 0 atom stereocenters. The van der Waals surface area contributed by atoms with Crippen LogP contribution in [0, 0.1) is 0 Å². The van der Waals surface area contributed by atoms with Gasteiger partial charge >= 0.3 is 0 Å². The first-order valence-electron chi connectivity index (χ1n) is 5.95. The van der Waals surface area contributed by atoms with Crippen molar-refractivity contribution in [2.24, 2.45) is 0 Å². The van der Waals surface area contributed by atoms with Gasteiger partial charge in [-0.05, 0) is 11.6 Å². The van der Waals surface area contributed by atoms with Crippen LogP contribution in [0.2, 0.25) is 0 Å². The van der Waals surface area contributed by atoms with Crippen LogP contribution >= 0.6 is 0 Å². The third-order valence-electron chi connectivity index (χ3n) is 2.75. The summed E-state index contributed by atoms with van der Waals surface area (Å²) in [5.74, 6) is 0.349. The molecule has 0 aliphatic carbocycles. The van der Waals surface area contributed by atoms with Gasteiger partial charge in [-0.25, -0.2) is 4.98 Å². The fourth-order valence-electron chi connectivity index (χ4n) is 1.87. The minimum absolute atomic E-state index is 0.0989. The predicted octanol–water partition coefficient (Wildman–Crippen LogP) is 2.14. The number of pyridine rings is 1. The zero-order chi connectivity index (χ0) is 13.1. The number of carbonyl (C=O) groups excluding carboxylic acids is 1. The van der Waals surface area contributed by atoms with Gasteiger partial charge in [-0.1, -0.05) is 30.3 Å². The highest BCUT2D eigenvalue weighted by atomic mass is 16.1. The molecule has 1 aromatic carbocycles. The Morgan fingerprint density at radius 2 is 2.05 bits per heavy atom. The average molecular weight is 252 g/mol. The number of fused-ring (bicyclic) bond motifs is 1. The largest absolute Gasteiger partial charge is 0.324 e. The smallest absolute Gasteiger partial charge is 0.231 e. The summed E-state index contributed by atoms with van der Waals surface area (Å²) >= 11 is 0. The molecule has 0 unspecified atom stereocenters. The number of rotatable bonds is 3. The molecule has 0 aliphatic heterocycles. The summed E-state index contributed by atoms with van der Waals surface area (Å²) in [7, 11) is 0. The van der Waals surface area contributed by atoms with E-state index >= 15 is 0 Å². The SMILES string of the molecule is O=C(Cc1ccccc1)Nc1nc2cnccc2[nH]1. The normalized spacial score (nSPS) is 10.5. The van der Waals surface area contributed by atoms with Crippen LogP contribution in [-0.4, -0.2) is 20.9 Å². The van der Waals surface area contributed by atoms with Crippen LogP contribution in [0.1, 0.15) is 5.56 Å². The van der Waals surface area contributed by atoms with Gasteiger partial charge < -0.3 is 4.98 Å². The van der Waals surface area contributed by atoms with Crippen LogP contribution in [-0.2, 0) is 11.2 Å². The molecule has 1 amide bonds. The average Bonchev–Trinajstić information content (AvgIpc) is 2.81. The van der Waals surface area contributed by atoms with E-state index in [1.54, 1.807) is 12.4 Å². The Balaban J connectivity index is 1.72. The van der Waals surface area contributed by atoms with Crippen LogP contribution in [0.3, 0.4) is 0 Å². The van der Waals surface area contributed by atoms with E-state index in [0.717, 1.165) is 16.6 Å². The second-order valence-corrected chi connectivity index (χ2v) is 4.19. The Hall–Kier alpha value is -2.69. The quantitative estimate of drug-likeness (QED) is 0.750. The molecule has 0 radical (unpaired) electrons. The molecule has 94 valence electrons. The zero-order valence-electron chi connectivity index (χ0n) is 10.1. The number of imidazole rings is 1. The molecule has 0 saturated carbocycles. The minimum atomic E-state index is -0.0989. The second kappa shape index (κ2) is 4.89. The van der Waals surface area contributed by atoms with E-state index in [9.17, 15) is 4.79 Å². The molecule has 0 spiro atoms.